The summed E-state index contributed by atoms with van der Waals surface area (Å²) in [5.41, 5.74) is 3.86. The zero-order chi connectivity index (χ0) is 15.2. The van der Waals surface area contributed by atoms with Gasteiger partial charge in [-0.15, -0.1) is 11.8 Å². The third-order valence-electron chi connectivity index (χ3n) is 2.97. The minimum Gasteiger partial charge on any atom is -0.271 e. The third kappa shape index (κ3) is 5.16. The first-order valence-corrected chi connectivity index (χ1v) is 8.11. The van der Waals surface area contributed by atoms with Gasteiger partial charge in [0, 0.05) is 16.7 Å². The smallest absolute Gasteiger partial charge is 0.123 e. The van der Waals surface area contributed by atoms with Crippen LogP contribution in [0.1, 0.15) is 5.56 Å². The van der Waals surface area contributed by atoms with Crippen LogP contribution in [0.3, 0.4) is 0 Å². The van der Waals surface area contributed by atoms with Crippen LogP contribution in [-0.2, 0) is 6.42 Å². The van der Waals surface area contributed by atoms with E-state index in [1.165, 1.54) is 12.1 Å². The Kier molecular flexibility index (Phi) is 6.33. The molecule has 0 aliphatic heterocycles. The molecule has 0 fully saturated rings. The summed E-state index contributed by atoms with van der Waals surface area (Å²) in [6, 6.07) is 12.0. The van der Waals surface area contributed by atoms with E-state index >= 15 is 0 Å². The largest absolute Gasteiger partial charge is 0.271 e. The van der Waals surface area contributed by atoms with Crippen molar-refractivity contribution in [3.63, 3.8) is 0 Å². The molecule has 112 valence electrons. The van der Waals surface area contributed by atoms with Crippen molar-refractivity contribution < 1.29 is 4.39 Å². The second-order valence-electron chi connectivity index (χ2n) is 4.58. The van der Waals surface area contributed by atoms with Crippen LogP contribution in [0.5, 0.6) is 0 Å². The molecule has 21 heavy (non-hydrogen) atoms. The number of hydrogen-bond acceptors (Lipinski definition) is 3. The maximum Gasteiger partial charge on any atom is 0.123 e. The van der Waals surface area contributed by atoms with E-state index in [1.54, 1.807) is 30.0 Å². The number of benzene rings is 2. The predicted molar refractivity (Wildman–Crippen MR) is 88.4 cm³/mol. The number of nitrogens with one attached hydrogen (secondary N) is 1. The highest BCUT2D eigenvalue weighted by molar-refractivity contribution is 7.99. The Morgan fingerprint density at radius 2 is 1.81 bits per heavy atom. The van der Waals surface area contributed by atoms with Gasteiger partial charge in [-0.2, -0.15) is 0 Å². The summed E-state index contributed by atoms with van der Waals surface area (Å²) in [6.45, 7) is 0. The quantitative estimate of drug-likeness (QED) is 0.466. The Labute approximate surface area is 137 Å². The molecule has 0 radical (unpaired) electrons. The normalized spacial score (nSPS) is 12.4. The maximum absolute atomic E-state index is 12.8. The van der Waals surface area contributed by atoms with E-state index in [-0.39, 0.29) is 11.9 Å². The second kappa shape index (κ2) is 8.01. The molecular formula is C15H15Cl2FN2S. The highest BCUT2D eigenvalue weighted by atomic mass is 35.5. The number of hydrogen-bond donors (Lipinski definition) is 2. The summed E-state index contributed by atoms with van der Waals surface area (Å²) in [6.07, 6.45) is 0.738. The molecule has 0 amide bonds. The van der Waals surface area contributed by atoms with Crippen LogP contribution in [0, 0.1) is 5.82 Å². The lowest BCUT2D eigenvalue weighted by Crippen LogP contribution is -2.38. The first-order valence-electron chi connectivity index (χ1n) is 6.37. The molecular weight excluding hydrogens is 330 g/mol. The molecule has 0 saturated carbocycles. The summed E-state index contributed by atoms with van der Waals surface area (Å²) in [4.78, 5) is 1.01. The summed E-state index contributed by atoms with van der Waals surface area (Å²) in [5.74, 6) is 6.13. The lowest BCUT2D eigenvalue weighted by Gasteiger charge is -2.16. The van der Waals surface area contributed by atoms with Crippen LogP contribution in [0.25, 0.3) is 0 Å². The van der Waals surface area contributed by atoms with Crippen LogP contribution in [0.15, 0.2) is 47.4 Å². The number of halogens is 3. The number of nitrogens with two attached hydrogens (primary N) is 1. The molecule has 1 atom stereocenters. The topological polar surface area (TPSA) is 38.0 Å². The Hall–Kier alpha value is -0.780. The molecule has 1 unspecified atom stereocenters. The molecule has 2 nitrogen and oxygen atoms in total. The molecule has 0 saturated heterocycles. The van der Waals surface area contributed by atoms with Crippen molar-refractivity contribution in [2.24, 2.45) is 5.84 Å². The zero-order valence-electron chi connectivity index (χ0n) is 11.2. The minimum atomic E-state index is -0.233. The SMILES string of the molecule is NNC(CSc1ccc(F)cc1)Cc1ccc(Cl)c(Cl)c1. The van der Waals surface area contributed by atoms with Gasteiger partial charge >= 0.3 is 0 Å². The first-order chi connectivity index (χ1) is 10.1. The summed E-state index contributed by atoms with van der Waals surface area (Å²) in [5, 5.41) is 1.08. The number of hydrazine groups is 1. The van der Waals surface area contributed by atoms with E-state index < -0.39 is 0 Å². The fourth-order valence-corrected chi connectivity index (χ4v) is 3.10. The molecule has 3 N–H and O–H groups in total. The Balaban J connectivity index is 1.93. The fraction of sp³-hybridized carbons (Fsp3) is 0.200. The van der Waals surface area contributed by atoms with E-state index in [1.807, 2.05) is 12.1 Å². The van der Waals surface area contributed by atoms with Crippen molar-refractivity contribution in [1.29, 1.82) is 0 Å². The highest BCUT2D eigenvalue weighted by Gasteiger charge is 2.10. The molecule has 2 aromatic rings. The van der Waals surface area contributed by atoms with Crippen molar-refractivity contribution in [3.8, 4) is 0 Å². The van der Waals surface area contributed by atoms with Crippen molar-refractivity contribution in [1.82, 2.24) is 5.43 Å². The van der Waals surface area contributed by atoms with Gasteiger partial charge < -0.3 is 0 Å². The van der Waals surface area contributed by atoms with E-state index in [2.05, 4.69) is 5.43 Å². The third-order valence-corrected chi connectivity index (χ3v) is 4.88. The highest BCUT2D eigenvalue weighted by Crippen LogP contribution is 2.24. The van der Waals surface area contributed by atoms with Crippen LogP contribution in [0.2, 0.25) is 10.0 Å². The van der Waals surface area contributed by atoms with Gasteiger partial charge in [0.2, 0.25) is 0 Å². The Morgan fingerprint density at radius 1 is 1.10 bits per heavy atom. The van der Waals surface area contributed by atoms with Gasteiger partial charge in [0.25, 0.3) is 0 Å². The van der Waals surface area contributed by atoms with Crippen molar-refractivity contribution in [2.45, 2.75) is 17.4 Å². The Bertz CT molecular complexity index is 593. The Morgan fingerprint density at radius 3 is 2.43 bits per heavy atom. The van der Waals surface area contributed by atoms with Gasteiger partial charge in [0.05, 0.1) is 10.0 Å². The number of thioether (sulfide) groups is 1. The van der Waals surface area contributed by atoms with Gasteiger partial charge in [-0.3, -0.25) is 11.3 Å². The fourth-order valence-electron chi connectivity index (χ4n) is 1.84. The standard InChI is InChI=1S/C15H15Cl2FN2S/c16-14-6-1-10(8-15(14)17)7-12(20-19)9-21-13-4-2-11(18)3-5-13/h1-6,8,12,20H,7,9,19H2. The molecule has 2 aromatic carbocycles. The molecule has 6 heteroatoms. The zero-order valence-corrected chi connectivity index (χ0v) is 13.5. The molecule has 0 spiro atoms. The van der Waals surface area contributed by atoms with Gasteiger partial charge in [-0.05, 0) is 48.4 Å². The average molecular weight is 345 g/mol. The van der Waals surface area contributed by atoms with E-state index in [0.29, 0.717) is 10.0 Å². The molecule has 2 rings (SSSR count). The minimum absolute atomic E-state index is 0.0808. The lowest BCUT2D eigenvalue weighted by atomic mass is 10.1. The predicted octanol–water partition coefficient (Wildman–Crippen LogP) is 4.30. The van der Waals surface area contributed by atoms with Crippen molar-refractivity contribution >= 4 is 35.0 Å². The van der Waals surface area contributed by atoms with Crippen LogP contribution >= 0.6 is 35.0 Å². The van der Waals surface area contributed by atoms with Gasteiger partial charge in [-0.25, -0.2) is 4.39 Å². The molecule has 0 heterocycles. The van der Waals surface area contributed by atoms with E-state index in [0.717, 1.165) is 22.6 Å². The second-order valence-corrected chi connectivity index (χ2v) is 6.49. The van der Waals surface area contributed by atoms with Crippen molar-refractivity contribution in [3.05, 3.63) is 63.9 Å². The summed E-state index contributed by atoms with van der Waals surface area (Å²) < 4.78 is 12.8. The van der Waals surface area contributed by atoms with E-state index in [9.17, 15) is 4.39 Å². The lowest BCUT2D eigenvalue weighted by molar-refractivity contribution is 0.575. The molecule has 0 aromatic heterocycles. The van der Waals surface area contributed by atoms with E-state index in [4.69, 9.17) is 29.0 Å². The molecule has 0 bridgehead atoms. The van der Waals surface area contributed by atoms with Gasteiger partial charge in [-0.1, -0.05) is 29.3 Å². The number of rotatable bonds is 6. The summed E-state index contributed by atoms with van der Waals surface area (Å²) in [7, 11) is 0. The average Bonchev–Trinajstić information content (AvgIpc) is 2.49. The van der Waals surface area contributed by atoms with Crippen molar-refractivity contribution in [2.75, 3.05) is 5.75 Å². The maximum atomic E-state index is 12.8. The van der Waals surface area contributed by atoms with Gasteiger partial charge in [0.15, 0.2) is 0 Å². The first kappa shape index (κ1) is 16.6. The van der Waals surface area contributed by atoms with Crippen LogP contribution in [0.4, 0.5) is 4.39 Å². The summed E-state index contributed by atoms with van der Waals surface area (Å²) >= 11 is 13.5. The molecule has 0 aliphatic rings. The monoisotopic (exact) mass is 344 g/mol. The van der Waals surface area contributed by atoms with Gasteiger partial charge in [0.1, 0.15) is 5.82 Å². The van der Waals surface area contributed by atoms with Crippen LogP contribution < -0.4 is 11.3 Å². The van der Waals surface area contributed by atoms with Crippen LogP contribution in [-0.4, -0.2) is 11.8 Å². The molecule has 0 aliphatic carbocycles.